The van der Waals surface area contributed by atoms with Crippen molar-refractivity contribution in [3.05, 3.63) is 29.8 Å². The molecule has 0 bridgehead atoms. The first-order valence-electron chi connectivity index (χ1n) is 3.63. The number of benzene rings is 1. The third-order valence-corrected chi connectivity index (χ3v) is 3.05. The number of alkyl halides is 1. The summed E-state index contributed by atoms with van der Waals surface area (Å²) in [4.78, 5) is -0.148. The predicted octanol–water partition coefficient (Wildman–Crippen LogP) is 2.39. The van der Waals surface area contributed by atoms with Crippen LogP contribution in [-0.2, 0) is 10.1 Å². The smallest absolute Gasteiger partial charge is 0.282 e. The first-order valence-corrected chi connectivity index (χ1v) is 5.99. The second-order valence-electron chi connectivity index (χ2n) is 2.63. The summed E-state index contributed by atoms with van der Waals surface area (Å²) >= 11 is 3.25. The average molecular weight is 265 g/mol. The van der Waals surface area contributed by atoms with Gasteiger partial charge in [-0.25, -0.2) is 0 Å². The summed E-state index contributed by atoms with van der Waals surface area (Å²) in [5.74, 6) is 0. The minimum Gasteiger partial charge on any atom is -0.282 e. The van der Waals surface area contributed by atoms with Crippen LogP contribution in [0.2, 0.25) is 0 Å². The maximum absolute atomic E-state index is 10.9. The van der Waals surface area contributed by atoms with Crippen LogP contribution in [-0.4, -0.2) is 13.0 Å². The Balaban J connectivity index is 3.37. The molecule has 1 aromatic rings. The first kappa shape index (κ1) is 10.7. The van der Waals surface area contributed by atoms with E-state index < -0.39 is 10.1 Å². The molecule has 0 heterocycles. The largest absolute Gasteiger partial charge is 0.294 e. The molecule has 1 unspecified atom stereocenters. The Morgan fingerprint density at radius 3 is 2.31 bits per heavy atom. The van der Waals surface area contributed by atoms with Crippen molar-refractivity contribution in [3.63, 3.8) is 0 Å². The van der Waals surface area contributed by atoms with Gasteiger partial charge in [-0.3, -0.25) is 4.55 Å². The topological polar surface area (TPSA) is 54.4 Å². The lowest BCUT2D eigenvalue weighted by molar-refractivity contribution is 0.482. The van der Waals surface area contributed by atoms with Gasteiger partial charge in [0.2, 0.25) is 0 Å². The van der Waals surface area contributed by atoms with E-state index in [2.05, 4.69) is 15.9 Å². The minimum atomic E-state index is -4.11. The lowest BCUT2D eigenvalue weighted by atomic mass is 10.2. The zero-order chi connectivity index (χ0) is 10.1. The first-order chi connectivity index (χ1) is 5.93. The molecule has 0 radical (unpaired) electrons. The van der Waals surface area contributed by atoms with Gasteiger partial charge in [-0.15, -0.1) is 0 Å². The summed E-state index contributed by atoms with van der Waals surface area (Å²) in [6.45, 7) is 1.80. The van der Waals surface area contributed by atoms with Gasteiger partial charge in [0.15, 0.2) is 0 Å². The second kappa shape index (κ2) is 3.77. The Kier molecular flexibility index (Phi) is 3.10. The van der Waals surface area contributed by atoms with E-state index in [1.807, 2.05) is 0 Å². The van der Waals surface area contributed by atoms with Gasteiger partial charge in [-0.1, -0.05) is 34.1 Å². The van der Waals surface area contributed by atoms with Crippen LogP contribution in [0.5, 0.6) is 0 Å². The van der Waals surface area contributed by atoms with Gasteiger partial charge in [0.1, 0.15) is 0 Å². The maximum atomic E-state index is 10.9. The Bertz CT molecular complexity index is 398. The van der Waals surface area contributed by atoms with Gasteiger partial charge < -0.3 is 0 Å². The van der Waals surface area contributed by atoms with Crippen molar-refractivity contribution in [1.29, 1.82) is 0 Å². The summed E-state index contributed by atoms with van der Waals surface area (Å²) in [7, 11) is -4.11. The van der Waals surface area contributed by atoms with Gasteiger partial charge in [-0.2, -0.15) is 8.42 Å². The van der Waals surface area contributed by atoms with E-state index >= 15 is 0 Å². The van der Waals surface area contributed by atoms with E-state index in [0.29, 0.717) is 5.56 Å². The standard InChI is InChI=1S/C8H9BrO3S/c1-6(9)7-4-2-3-5-8(7)13(10,11)12/h2-6H,1H3,(H,10,11,12). The highest BCUT2D eigenvalue weighted by Crippen LogP contribution is 2.27. The molecule has 3 nitrogen and oxygen atoms in total. The molecule has 72 valence electrons. The molecule has 13 heavy (non-hydrogen) atoms. The highest BCUT2D eigenvalue weighted by molar-refractivity contribution is 9.09. The molecule has 0 saturated carbocycles. The molecule has 0 aliphatic carbocycles. The lowest BCUT2D eigenvalue weighted by Crippen LogP contribution is -2.02. The van der Waals surface area contributed by atoms with E-state index in [4.69, 9.17) is 4.55 Å². The van der Waals surface area contributed by atoms with Crippen molar-refractivity contribution in [2.75, 3.05) is 0 Å². The number of halogens is 1. The third kappa shape index (κ3) is 2.52. The quantitative estimate of drug-likeness (QED) is 0.659. The van der Waals surface area contributed by atoms with Crippen LogP contribution in [0.3, 0.4) is 0 Å². The molecule has 1 N–H and O–H groups in total. The Hall–Kier alpha value is -0.390. The fraction of sp³-hybridized carbons (Fsp3) is 0.250. The molecular formula is C8H9BrO3S. The van der Waals surface area contributed by atoms with Crippen LogP contribution in [0, 0.1) is 0 Å². The van der Waals surface area contributed by atoms with Crippen LogP contribution in [0.15, 0.2) is 29.2 Å². The molecule has 0 fully saturated rings. The number of rotatable bonds is 2. The van der Waals surface area contributed by atoms with Crippen molar-refractivity contribution in [1.82, 2.24) is 0 Å². The summed E-state index contributed by atoms with van der Waals surface area (Å²) in [5.41, 5.74) is 0.560. The predicted molar refractivity (Wildman–Crippen MR) is 53.6 cm³/mol. The highest BCUT2D eigenvalue weighted by atomic mass is 79.9. The normalized spacial score (nSPS) is 14.1. The van der Waals surface area contributed by atoms with Gasteiger partial charge in [0, 0.05) is 4.83 Å². The summed E-state index contributed by atoms with van der Waals surface area (Å²) in [6, 6.07) is 6.33. The molecule has 0 saturated heterocycles. The van der Waals surface area contributed by atoms with Crippen LogP contribution in [0.1, 0.15) is 17.3 Å². The average Bonchev–Trinajstić information content (AvgIpc) is 2.03. The minimum absolute atomic E-state index is 0.0422. The molecule has 0 spiro atoms. The zero-order valence-corrected chi connectivity index (χ0v) is 9.34. The van der Waals surface area contributed by atoms with Crippen molar-refractivity contribution in [2.45, 2.75) is 16.6 Å². The van der Waals surface area contributed by atoms with E-state index in [-0.39, 0.29) is 9.72 Å². The molecule has 1 aromatic carbocycles. The van der Waals surface area contributed by atoms with Crippen LogP contribution in [0.25, 0.3) is 0 Å². The van der Waals surface area contributed by atoms with Gasteiger partial charge in [0.05, 0.1) is 4.90 Å². The van der Waals surface area contributed by atoms with E-state index in [9.17, 15) is 8.42 Å². The fourth-order valence-corrected chi connectivity index (χ4v) is 2.39. The molecule has 0 amide bonds. The maximum Gasteiger partial charge on any atom is 0.294 e. The molecule has 1 rings (SSSR count). The molecule has 1 atom stereocenters. The van der Waals surface area contributed by atoms with E-state index in [1.54, 1.807) is 25.1 Å². The van der Waals surface area contributed by atoms with Gasteiger partial charge in [0.25, 0.3) is 10.1 Å². The Labute approximate surface area is 85.7 Å². The van der Waals surface area contributed by atoms with Crippen LogP contribution < -0.4 is 0 Å². The van der Waals surface area contributed by atoms with E-state index in [0.717, 1.165) is 0 Å². The van der Waals surface area contributed by atoms with Gasteiger partial charge >= 0.3 is 0 Å². The van der Waals surface area contributed by atoms with E-state index in [1.165, 1.54) is 6.07 Å². The van der Waals surface area contributed by atoms with Crippen molar-refractivity contribution in [2.24, 2.45) is 0 Å². The van der Waals surface area contributed by atoms with Crippen LogP contribution in [0.4, 0.5) is 0 Å². The molecular weight excluding hydrogens is 256 g/mol. The third-order valence-electron chi connectivity index (χ3n) is 1.63. The zero-order valence-electron chi connectivity index (χ0n) is 6.94. The van der Waals surface area contributed by atoms with Crippen molar-refractivity contribution in [3.8, 4) is 0 Å². The fourth-order valence-electron chi connectivity index (χ4n) is 1.04. The van der Waals surface area contributed by atoms with Crippen LogP contribution >= 0.6 is 15.9 Å². The van der Waals surface area contributed by atoms with Crippen molar-refractivity contribution >= 4 is 26.0 Å². The SMILES string of the molecule is CC(Br)c1ccccc1S(=O)(=O)O. The molecule has 0 aliphatic heterocycles. The second-order valence-corrected chi connectivity index (χ2v) is 5.39. The summed E-state index contributed by atoms with van der Waals surface area (Å²) in [6.07, 6.45) is 0. The molecule has 0 aromatic heterocycles. The molecule has 5 heteroatoms. The highest BCUT2D eigenvalue weighted by Gasteiger charge is 2.16. The Morgan fingerprint density at radius 2 is 1.92 bits per heavy atom. The van der Waals surface area contributed by atoms with Gasteiger partial charge in [-0.05, 0) is 18.6 Å². The van der Waals surface area contributed by atoms with Crippen molar-refractivity contribution < 1.29 is 13.0 Å². The number of hydrogen-bond acceptors (Lipinski definition) is 2. The number of hydrogen-bond donors (Lipinski definition) is 1. The Morgan fingerprint density at radius 1 is 1.38 bits per heavy atom. The monoisotopic (exact) mass is 264 g/mol. The summed E-state index contributed by atoms with van der Waals surface area (Å²) < 4.78 is 30.7. The summed E-state index contributed by atoms with van der Waals surface area (Å²) in [5, 5.41) is 0. The lowest BCUT2D eigenvalue weighted by Gasteiger charge is -2.07. The molecule has 0 aliphatic rings.